The van der Waals surface area contributed by atoms with Gasteiger partial charge < -0.3 is 10.5 Å². The van der Waals surface area contributed by atoms with Gasteiger partial charge in [-0.2, -0.15) is 0 Å². The number of rotatable bonds is 6. The van der Waals surface area contributed by atoms with Crippen molar-refractivity contribution in [2.45, 2.75) is 32.4 Å². The van der Waals surface area contributed by atoms with Gasteiger partial charge in [-0.15, -0.1) is 0 Å². The molecule has 0 aromatic heterocycles. The summed E-state index contributed by atoms with van der Waals surface area (Å²) in [5, 5.41) is 1.29. The topological polar surface area (TPSA) is 35.2 Å². The van der Waals surface area contributed by atoms with E-state index in [0.717, 1.165) is 24.0 Å². The molecule has 0 spiro atoms. The predicted octanol–water partition coefficient (Wildman–Crippen LogP) is 4.85. The summed E-state index contributed by atoms with van der Waals surface area (Å²) < 4.78 is 5.74. The monoisotopic (exact) mass is 323 g/mol. The van der Waals surface area contributed by atoms with Crippen LogP contribution in [0.5, 0.6) is 5.75 Å². The van der Waals surface area contributed by atoms with Crippen LogP contribution in [-0.2, 0) is 13.0 Å². The largest absolute Gasteiger partial charge is 0.487 e. The average molecular weight is 324 g/mol. The number of hydrogen-bond acceptors (Lipinski definition) is 2. The Kier molecular flexibility index (Phi) is 5.92. The van der Waals surface area contributed by atoms with E-state index in [1.165, 1.54) is 0 Å². The summed E-state index contributed by atoms with van der Waals surface area (Å²) in [6.45, 7) is 2.47. The van der Waals surface area contributed by atoms with Gasteiger partial charge in [-0.05, 0) is 36.6 Å². The molecule has 0 radical (unpaired) electrons. The second kappa shape index (κ2) is 7.69. The zero-order valence-corrected chi connectivity index (χ0v) is 13.5. The number of nitrogens with two attached hydrogens (primary N) is 1. The molecule has 0 fully saturated rings. The van der Waals surface area contributed by atoms with E-state index < -0.39 is 0 Å². The molecule has 0 amide bonds. The fraction of sp³-hybridized carbons (Fsp3) is 0.294. The zero-order valence-electron chi connectivity index (χ0n) is 12.0. The summed E-state index contributed by atoms with van der Waals surface area (Å²) in [6, 6.07) is 13.6. The molecule has 2 N–H and O–H groups in total. The molecular formula is C17H19Cl2NO. The molecule has 0 aliphatic heterocycles. The van der Waals surface area contributed by atoms with Crippen molar-refractivity contribution in [1.29, 1.82) is 0 Å². The molecule has 2 nitrogen and oxygen atoms in total. The van der Waals surface area contributed by atoms with E-state index in [1.54, 1.807) is 0 Å². The van der Waals surface area contributed by atoms with Crippen molar-refractivity contribution in [3.63, 3.8) is 0 Å². The first-order valence-corrected chi connectivity index (χ1v) is 7.76. The fourth-order valence-electron chi connectivity index (χ4n) is 2.01. The van der Waals surface area contributed by atoms with E-state index in [0.29, 0.717) is 22.4 Å². The lowest BCUT2D eigenvalue weighted by atomic mass is 10.0. The van der Waals surface area contributed by atoms with E-state index in [-0.39, 0.29) is 6.04 Å². The number of hydrogen-bond donors (Lipinski definition) is 1. The smallest absolute Gasteiger partial charge is 0.138 e. The maximum Gasteiger partial charge on any atom is 0.138 e. The molecule has 1 unspecified atom stereocenters. The van der Waals surface area contributed by atoms with Crippen molar-refractivity contribution in [2.75, 3.05) is 0 Å². The summed E-state index contributed by atoms with van der Waals surface area (Å²) in [5.74, 6) is 0.658. The SMILES string of the molecule is CCC(N)Cc1ccc(OCc2ccccc2Cl)c(Cl)c1. The van der Waals surface area contributed by atoms with Crippen LogP contribution in [0.25, 0.3) is 0 Å². The standard InChI is InChI=1S/C17H19Cl2NO/c1-2-14(20)9-12-7-8-17(16(19)10-12)21-11-13-5-3-4-6-15(13)18/h3-8,10,14H,2,9,11,20H2,1H3. The highest BCUT2D eigenvalue weighted by Gasteiger charge is 2.07. The summed E-state index contributed by atoms with van der Waals surface area (Å²) >= 11 is 12.4. The van der Waals surface area contributed by atoms with E-state index in [1.807, 2.05) is 42.5 Å². The first-order chi connectivity index (χ1) is 10.1. The van der Waals surface area contributed by atoms with Crippen molar-refractivity contribution in [2.24, 2.45) is 5.73 Å². The van der Waals surface area contributed by atoms with E-state index in [9.17, 15) is 0 Å². The van der Waals surface area contributed by atoms with Gasteiger partial charge in [-0.3, -0.25) is 0 Å². The van der Waals surface area contributed by atoms with Gasteiger partial charge in [0.05, 0.1) is 5.02 Å². The van der Waals surface area contributed by atoms with Crippen LogP contribution in [0, 0.1) is 0 Å². The van der Waals surface area contributed by atoms with Gasteiger partial charge in [0, 0.05) is 16.6 Å². The minimum Gasteiger partial charge on any atom is -0.487 e. The Balaban J connectivity index is 2.03. The Labute approximate surface area is 135 Å². The molecule has 0 bridgehead atoms. The quantitative estimate of drug-likeness (QED) is 0.824. The molecule has 0 saturated carbocycles. The fourth-order valence-corrected chi connectivity index (χ4v) is 2.45. The van der Waals surface area contributed by atoms with Crippen molar-refractivity contribution < 1.29 is 4.74 Å². The Hall–Kier alpha value is -1.22. The highest BCUT2D eigenvalue weighted by atomic mass is 35.5. The molecule has 2 rings (SSSR count). The Morgan fingerprint density at radius 3 is 2.52 bits per heavy atom. The molecule has 2 aromatic rings. The second-order valence-corrected chi connectivity index (χ2v) is 5.83. The summed E-state index contributed by atoms with van der Waals surface area (Å²) in [6.07, 6.45) is 1.77. The van der Waals surface area contributed by atoms with Gasteiger partial charge >= 0.3 is 0 Å². The molecule has 0 saturated heterocycles. The third kappa shape index (κ3) is 4.63. The van der Waals surface area contributed by atoms with Crippen LogP contribution in [0.15, 0.2) is 42.5 Å². The molecular weight excluding hydrogens is 305 g/mol. The molecule has 4 heteroatoms. The molecule has 2 aromatic carbocycles. The number of benzene rings is 2. The van der Waals surface area contributed by atoms with Crippen LogP contribution in [0.4, 0.5) is 0 Å². The van der Waals surface area contributed by atoms with Gasteiger partial charge in [0.1, 0.15) is 12.4 Å². The van der Waals surface area contributed by atoms with Crippen molar-refractivity contribution in [3.8, 4) is 5.75 Å². The van der Waals surface area contributed by atoms with Crippen molar-refractivity contribution >= 4 is 23.2 Å². The van der Waals surface area contributed by atoms with Crippen LogP contribution < -0.4 is 10.5 Å². The Morgan fingerprint density at radius 2 is 1.86 bits per heavy atom. The highest BCUT2D eigenvalue weighted by Crippen LogP contribution is 2.27. The third-order valence-corrected chi connectivity index (χ3v) is 4.02. The van der Waals surface area contributed by atoms with Crippen LogP contribution in [0.2, 0.25) is 10.0 Å². The summed E-state index contributed by atoms with van der Waals surface area (Å²) in [4.78, 5) is 0. The highest BCUT2D eigenvalue weighted by molar-refractivity contribution is 6.32. The van der Waals surface area contributed by atoms with Gasteiger partial charge in [-0.25, -0.2) is 0 Å². The van der Waals surface area contributed by atoms with Crippen LogP contribution >= 0.6 is 23.2 Å². The van der Waals surface area contributed by atoms with Crippen molar-refractivity contribution in [3.05, 3.63) is 63.6 Å². The lowest BCUT2D eigenvalue weighted by Gasteiger charge is -2.12. The van der Waals surface area contributed by atoms with E-state index in [4.69, 9.17) is 33.7 Å². The maximum atomic E-state index is 6.26. The maximum absolute atomic E-state index is 6.26. The van der Waals surface area contributed by atoms with Gasteiger partial charge in [0.15, 0.2) is 0 Å². The number of ether oxygens (including phenoxy) is 1. The molecule has 21 heavy (non-hydrogen) atoms. The van der Waals surface area contributed by atoms with E-state index >= 15 is 0 Å². The molecule has 0 heterocycles. The normalized spacial score (nSPS) is 12.2. The number of halogens is 2. The summed E-state index contributed by atoms with van der Waals surface area (Å²) in [5.41, 5.74) is 8.02. The molecule has 0 aliphatic carbocycles. The van der Waals surface area contributed by atoms with Crippen LogP contribution in [-0.4, -0.2) is 6.04 Å². The van der Waals surface area contributed by atoms with Gasteiger partial charge in [-0.1, -0.05) is 54.4 Å². The molecule has 112 valence electrons. The van der Waals surface area contributed by atoms with Gasteiger partial charge in [0.2, 0.25) is 0 Å². The van der Waals surface area contributed by atoms with E-state index in [2.05, 4.69) is 6.92 Å². The average Bonchev–Trinajstić information content (AvgIpc) is 2.48. The second-order valence-electron chi connectivity index (χ2n) is 5.02. The summed E-state index contributed by atoms with van der Waals surface area (Å²) in [7, 11) is 0. The Morgan fingerprint density at radius 1 is 1.10 bits per heavy atom. The first kappa shape index (κ1) is 16.2. The predicted molar refractivity (Wildman–Crippen MR) is 89.2 cm³/mol. The van der Waals surface area contributed by atoms with Crippen molar-refractivity contribution in [1.82, 2.24) is 0 Å². The Bertz CT molecular complexity index is 601. The molecule has 1 atom stereocenters. The van der Waals surface area contributed by atoms with Crippen LogP contribution in [0.3, 0.4) is 0 Å². The first-order valence-electron chi connectivity index (χ1n) is 7.00. The molecule has 0 aliphatic rings. The lowest BCUT2D eigenvalue weighted by Crippen LogP contribution is -2.21. The minimum atomic E-state index is 0.163. The lowest BCUT2D eigenvalue weighted by molar-refractivity contribution is 0.306. The minimum absolute atomic E-state index is 0.163. The zero-order chi connectivity index (χ0) is 15.2. The van der Waals surface area contributed by atoms with Crippen LogP contribution in [0.1, 0.15) is 24.5 Å². The third-order valence-electron chi connectivity index (χ3n) is 3.36. The van der Waals surface area contributed by atoms with Gasteiger partial charge in [0.25, 0.3) is 0 Å².